The third-order valence-corrected chi connectivity index (χ3v) is 6.56. The van der Waals surface area contributed by atoms with Gasteiger partial charge in [-0.15, -0.1) is 0 Å². The lowest BCUT2D eigenvalue weighted by Crippen LogP contribution is -2.34. The van der Waals surface area contributed by atoms with Gasteiger partial charge in [-0.3, -0.25) is 9.59 Å². The molecule has 2 aliphatic rings. The summed E-state index contributed by atoms with van der Waals surface area (Å²) in [6, 6.07) is 0. The van der Waals surface area contributed by atoms with Crippen LogP contribution in [0.4, 0.5) is 0 Å². The van der Waals surface area contributed by atoms with Crippen LogP contribution in [-0.2, 0) is 14.3 Å². The van der Waals surface area contributed by atoms with Crippen LogP contribution in [0.3, 0.4) is 0 Å². The van der Waals surface area contributed by atoms with Crippen molar-refractivity contribution in [2.75, 3.05) is 0 Å². The lowest BCUT2D eigenvalue weighted by atomic mass is 9.87. The van der Waals surface area contributed by atoms with Gasteiger partial charge < -0.3 is 4.74 Å². The van der Waals surface area contributed by atoms with Crippen molar-refractivity contribution >= 4 is 11.6 Å². The van der Waals surface area contributed by atoms with Crippen molar-refractivity contribution in [3.05, 3.63) is 70.1 Å². The molecule has 3 heteroatoms. The summed E-state index contributed by atoms with van der Waals surface area (Å²) in [4.78, 5) is 25.5. The molecule has 2 rings (SSSR count). The first-order valence-electron chi connectivity index (χ1n) is 13.0. The van der Waals surface area contributed by atoms with E-state index < -0.39 is 5.60 Å². The Labute approximate surface area is 207 Å². The van der Waals surface area contributed by atoms with E-state index in [1.54, 1.807) is 6.08 Å². The minimum atomic E-state index is -0.571. The zero-order valence-corrected chi connectivity index (χ0v) is 22.3. The Bertz CT molecular complexity index is 932. The summed E-state index contributed by atoms with van der Waals surface area (Å²) in [5.74, 6) is 0.0255. The van der Waals surface area contributed by atoms with Crippen LogP contribution < -0.4 is 0 Å². The highest BCUT2D eigenvalue weighted by Crippen LogP contribution is 2.35. The van der Waals surface area contributed by atoms with Crippen molar-refractivity contribution in [3.63, 3.8) is 0 Å². The fraction of sp³-hybridized carbons (Fsp3) is 0.548. The molecule has 3 nitrogen and oxygen atoms in total. The van der Waals surface area contributed by atoms with E-state index in [9.17, 15) is 9.59 Å². The molecule has 0 saturated carbocycles. The Hall–Kier alpha value is -2.42. The molecule has 1 unspecified atom stereocenters. The van der Waals surface area contributed by atoms with Crippen molar-refractivity contribution in [2.45, 2.75) is 111 Å². The molecular weight excluding hydrogens is 420 g/mol. The highest BCUT2D eigenvalue weighted by atomic mass is 16.5. The summed E-state index contributed by atoms with van der Waals surface area (Å²) in [5.41, 5.74) is 4.64. The number of carbonyl (C=O) groups excluding carboxylic acids is 2. The van der Waals surface area contributed by atoms with Crippen LogP contribution in [0.1, 0.15) is 106 Å². The molecule has 0 spiro atoms. The predicted octanol–water partition coefficient (Wildman–Crippen LogP) is 8.44. The van der Waals surface area contributed by atoms with Crippen LogP contribution in [0.15, 0.2) is 70.1 Å². The van der Waals surface area contributed by atoms with Gasteiger partial charge in [-0.2, -0.15) is 0 Å². The van der Waals surface area contributed by atoms with Gasteiger partial charge in [0.05, 0.1) is 5.57 Å². The number of hydrogen-bond acceptors (Lipinski definition) is 3. The Kier molecular flexibility index (Phi) is 11.0. The van der Waals surface area contributed by atoms with Crippen LogP contribution in [0.2, 0.25) is 0 Å². The number of allylic oxidation sites excluding steroid dienone is 10. The van der Waals surface area contributed by atoms with Crippen LogP contribution >= 0.6 is 0 Å². The van der Waals surface area contributed by atoms with Crippen molar-refractivity contribution in [3.8, 4) is 0 Å². The average Bonchev–Trinajstić information content (AvgIpc) is 2.77. The molecular formula is C31H44O3. The molecule has 0 saturated heterocycles. The Morgan fingerprint density at radius 3 is 2.24 bits per heavy atom. The number of rotatable bonds is 13. The van der Waals surface area contributed by atoms with Crippen LogP contribution in [0.25, 0.3) is 0 Å². The van der Waals surface area contributed by atoms with E-state index in [2.05, 4.69) is 52.8 Å². The number of carbonyl (C=O) groups is 2. The summed E-state index contributed by atoms with van der Waals surface area (Å²) >= 11 is 0. The maximum absolute atomic E-state index is 13.0. The summed E-state index contributed by atoms with van der Waals surface area (Å²) in [7, 11) is 0. The molecule has 0 bridgehead atoms. The highest BCUT2D eigenvalue weighted by molar-refractivity contribution is 6.23. The quantitative estimate of drug-likeness (QED) is 0.156. The number of hydrogen-bond donors (Lipinski definition) is 0. The predicted molar refractivity (Wildman–Crippen MR) is 143 cm³/mol. The molecule has 0 N–H and O–H groups in total. The highest BCUT2D eigenvalue weighted by Gasteiger charge is 2.36. The van der Waals surface area contributed by atoms with Gasteiger partial charge in [0.2, 0.25) is 5.78 Å². The first kappa shape index (κ1) is 27.8. The summed E-state index contributed by atoms with van der Waals surface area (Å²) in [6.07, 6.45) is 21.9. The van der Waals surface area contributed by atoms with Crippen molar-refractivity contribution in [1.82, 2.24) is 0 Å². The van der Waals surface area contributed by atoms with Gasteiger partial charge in [-0.05, 0) is 104 Å². The van der Waals surface area contributed by atoms with E-state index in [1.807, 2.05) is 13.0 Å². The molecule has 0 aromatic rings. The van der Waals surface area contributed by atoms with Crippen molar-refractivity contribution in [2.24, 2.45) is 0 Å². The van der Waals surface area contributed by atoms with Crippen molar-refractivity contribution < 1.29 is 14.3 Å². The molecule has 34 heavy (non-hydrogen) atoms. The number of unbranched alkanes of at least 4 members (excludes halogenated alkanes) is 2. The molecule has 0 fully saturated rings. The fourth-order valence-corrected chi connectivity index (χ4v) is 4.30. The number of ether oxygens (including phenoxy) is 1. The van der Waals surface area contributed by atoms with E-state index in [0.717, 1.165) is 57.8 Å². The molecule has 0 aromatic carbocycles. The minimum absolute atomic E-state index is 0.111. The zero-order valence-electron chi connectivity index (χ0n) is 22.3. The largest absolute Gasteiger partial charge is 0.479 e. The standard InChI is InChI=1S/C31H44O3/c1-7-8-9-18-26-22-28(32)27-19-21-31(6,34-30(27)29(26)33)20-12-17-25(5)16-11-15-24(4)14-10-13-23(2)3/h13,15,17,19,21-22H,7-12,14,16,18,20H2,1-6H3. The van der Waals surface area contributed by atoms with Gasteiger partial charge in [0, 0.05) is 5.57 Å². The maximum atomic E-state index is 13.0. The monoisotopic (exact) mass is 464 g/mol. The molecule has 0 amide bonds. The second-order valence-electron chi connectivity index (χ2n) is 10.3. The Morgan fingerprint density at radius 1 is 0.941 bits per heavy atom. The van der Waals surface area contributed by atoms with E-state index >= 15 is 0 Å². The van der Waals surface area contributed by atoms with Crippen LogP contribution in [0.5, 0.6) is 0 Å². The first-order valence-corrected chi connectivity index (χ1v) is 13.0. The lowest BCUT2D eigenvalue weighted by Gasteiger charge is -2.33. The number of Topliss-reactive ketones (excluding diaryl/α,β-unsaturated/α-hetero) is 1. The topological polar surface area (TPSA) is 43.4 Å². The number of ketones is 2. The molecule has 1 aliphatic carbocycles. The first-order chi connectivity index (χ1) is 16.1. The smallest absolute Gasteiger partial charge is 0.224 e. The van der Waals surface area contributed by atoms with Gasteiger partial charge in [0.15, 0.2) is 11.5 Å². The normalized spacial score (nSPS) is 20.8. The molecule has 186 valence electrons. The summed E-state index contributed by atoms with van der Waals surface area (Å²) in [6.45, 7) is 12.8. The Morgan fingerprint density at radius 2 is 1.59 bits per heavy atom. The van der Waals surface area contributed by atoms with Gasteiger partial charge in [0.25, 0.3) is 0 Å². The van der Waals surface area contributed by atoms with Gasteiger partial charge >= 0.3 is 0 Å². The minimum Gasteiger partial charge on any atom is -0.479 e. The second kappa shape index (κ2) is 13.5. The van der Waals surface area contributed by atoms with E-state index in [0.29, 0.717) is 17.6 Å². The molecule has 1 heterocycles. The maximum Gasteiger partial charge on any atom is 0.224 e. The summed E-state index contributed by atoms with van der Waals surface area (Å²) < 4.78 is 6.18. The van der Waals surface area contributed by atoms with Gasteiger partial charge in [-0.1, -0.05) is 54.7 Å². The third-order valence-electron chi connectivity index (χ3n) is 6.56. The summed E-state index contributed by atoms with van der Waals surface area (Å²) in [5, 5.41) is 0. The third kappa shape index (κ3) is 8.74. The van der Waals surface area contributed by atoms with Gasteiger partial charge in [0.1, 0.15) is 5.60 Å². The molecule has 1 aliphatic heterocycles. The van der Waals surface area contributed by atoms with Gasteiger partial charge in [-0.25, -0.2) is 0 Å². The molecule has 1 atom stereocenters. The fourth-order valence-electron chi connectivity index (χ4n) is 4.30. The molecule has 0 radical (unpaired) electrons. The van der Waals surface area contributed by atoms with E-state index in [4.69, 9.17) is 4.74 Å². The zero-order chi connectivity index (χ0) is 25.1. The van der Waals surface area contributed by atoms with Crippen LogP contribution in [-0.4, -0.2) is 17.2 Å². The van der Waals surface area contributed by atoms with Crippen molar-refractivity contribution in [1.29, 1.82) is 0 Å². The SMILES string of the molecule is CCCCCC1=CC(=O)C2=C(OC(C)(CCC=C(C)CCC=C(C)CCC=C(C)C)C=C2)C1=O. The van der Waals surface area contributed by atoms with E-state index in [1.165, 1.54) is 22.8 Å². The molecule has 0 aromatic heterocycles. The lowest BCUT2D eigenvalue weighted by molar-refractivity contribution is -0.121. The van der Waals surface area contributed by atoms with Crippen LogP contribution in [0, 0.1) is 0 Å². The average molecular weight is 465 g/mol. The Balaban J connectivity index is 1.86. The van der Waals surface area contributed by atoms with E-state index in [-0.39, 0.29) is 17.3 Å². The second-order valence-corrected chi connectivity index (χ2v) is 10.3.